The Labute approximate surface area is 123 Å². The molecule has 0 saturated heterocycles. The fourth-order valence-electron chi connectivity index (χ4n) is 2.76. The molecule has 0 aromatic carbocycles. The Hall–Kier alpha value is -1.26. The van der Waals surface area contributed by atoms with Gasteiger partial charge >= 0.3 is 0 Å². The van der Waals surface area contributed by atoms with Crippen molar-refractivity contribution in [3.05, 3.63) is 0 Å². The van der Waals surface area contributed by atoms with Crippen LogP contribution in [0.4, 0.5) is 0 Å². The van der Waals surface area contributed by atoms with Crippen LogP contribution >= 0.6 is 0 Å². The number of amides is 1. The van der Waals surface area contributed by atoms with E-state index in [4.69, 9.17) is 0 Å². The minimum Gasteiger partial charge on any atom is -0.356 e. The number of carbonyl (C=O) groups is 1. The molecule has 0 heterocycles. The molecule has 1 aliphatic carbocycles. The van der Waals surface area contributed by atoms with Gasteiger partial charge in [-0.3, -0.25) is 9.79 Å². The number of hydrogen-bond acceptors (Lipinski definition) is 2. The van der Waals surface area contributed by atoms with Gasteiger partial charge < -0.3 is 16.0 Å². The molecule has 1 rings (SSSR count). The summed E-state index contributed by atoms with van der Waals surface area (Å²) in [5, 5.41) is 9.29. The van der Waals surface area contributed by atoms with Crippen molar-refractivity contribution in [2.24, 2.45) is 10.4 Å². The molecule has 5 heteroatoms. The predicted molar refractivity (Wildman–Crippen MR) is 83.9 cm³/mol. The SMILES string of the molecule is CCCNC(=O)CNC(=NC)NCC1(CC)CCCC1. The number of hydrogen-bond donors (Lipinski definition) is 3. The summed E-state index contributed by atoms with van der Waals surface area (Å²) >= 11 is 0. The van der Waals surface area contributed by atoms with E-state index in [0.717, 1.165) is 25.5 Å². The van der Waals surface area contributed by atoms with E-state index in [9.17, 15) is 4.79 Å². The van der Waals surface area contributed by atoms with Crippen LogP contribution in [0.15, 0.2) is 4.99 Å². The summed E-state index contributed by atoms with van der Waals surface area (Å²) < 4.78 is 0. The summed E-state index contributed by atoms with van der Waals surface area (Å²) in [6.45, 7) is 6.26. The summed E-state index contributed by atoms with van der Waals surface area (Å²) in [5.41, 5.74) is 0.419. The third-order valence-corrected chi connectivity index (χ3v) is 4.26. The van der Waals surface area contributed by atoms with Crippen molar-refractivity contribution < 1.29 is 4.79 Å². The molecule has 1 fully saturated rings. The largest absolute Gasteiger partial charge is 0.356 e. The van der Waals surface area contributed by atoms with Gasteiger partial charge in [0.1, 0.15) is 0 Å². The molecular weight excluding hydrogens is 252 g/mol. The zero-order chi connectivity index (χ0) is 14.8. The highest BCUT2D eigenvalue weighted by Gasteiger charge is 2.31. The molecule has 1 saturated carbocycles. The van der Waals surface area contributed by atoms with Crippen molar-refractivity contribution in [1.82, 2.24) is 16.0 Å². The molecule has 0 atom stereocenters. The predicted octanol–water partition coefficient (Wildman–Crippen LogP) is 1.65. The van der Waals surface area contributed by atoms with Gasteiger partial charge in [0.2, 0.25) is 5.91 Å². The number of aliphatic imine (C=N–C) groups is 1. The first-order valence-electron chi connectivity index (χ1n) is 7.87. The monoisotopic (exact) mass is 282 g/mol. The Bertz CT molecular complexity index is 322. The minimum absolute atomic E-state index is 0.0147. The number of nitrogens with one attached hydrogen (secondary N) is 3. The summed E-state index contributed by atoms with van der Waals surface area (Å²) in [5.74, 6) is 0.734. The van der Waals surface area contributed by atoms with E-state index >= 15 is 0 Å². The first-order valence-corrected chi connectivity index (χ1v) is 7.87. The average molecular weight is 282 g/mol. The van der Waals surface area contributed by atoms with Crippen LogP contribution in [0.5, 0.6) is 0 Å². The van der Waals surface area contributed by atoms with Gasteiger partial charge in [0.05, 0.1) is 6.54 Å². The van der Waals surface area contributed by atoms with Crippen molar-refractivity contribution in [3.8, 4) is 0 Å². The second kappa shape index (κ2) is 8.82. The van der Waals surface area contributed by atoms with Crippen LogP contribution in [0.2, 0.25) is 0 Å². The third-order valence-electron chi connectivity index (χ3n) is 4.26. The molecule has 0 aliphatic heterocycles. The highest BCUT2D eigenvalue weighted by molar-refractivity contribution is 5.86. The molecule has 0 unspecified atom stereocenters. The lowest BCUT2D eigenvalue weighted by Gasteiger charge is -2.28. The lowest BCUT2D eigenvalue weighted by molar-refractivity contribution is -0.120. The molecule has 116 valence electrons. The zero-order valence-corrected chi connectivity index (χ0v) is 13.2. The maximum atomic E-state index is 11.5. The molecule has 0 aromatic heterocycles. The number of guanidine groups is 1. The van der Waals surface area contributed by atoms with Gasteiger partial charge in [-0.2, -0.15) is 0 Å². The first kappa shape index (κ1) is 16.8. The van der Waals surface area contributed by atoms with Crippen LogP contribution in [0.25, 0.3) is 0 Å². The molecule has 1 amide bonds. The summed E-state index contributed by atoms with van der Waals surface area (Å²) in [6, 6.07) is 0. The number of carbonyl (C=O) groups excluding carboxylic acids is 1. The van der Waals surface area contributed by atoms with Crippen LogP contribution in [-0.2, 0) is 4.79 Å². The van der Waals surface area contributed by atoms with Crippen molar-refractivity contribution >= 4 is 11.9 Å². The lowest BCUT2D eigenvalue weighted by atomic mass is 9.83. The quantitative estimate of drug-likeness (QED) is 0.491. The van der Waals surface area contributed by atoms with Crippen molar-refractivity contribution in [2.75, 3.05) is 26.7 Å². The summed E-state index contributed by atoms with van der Waals surface area (Å²) in [4.78, 5) is 15.7. The Balaban J connectivity index is 2.31. The van der Waals surface area contributed by atoms with E-state index in [2.05, 4.69) is 27.9 Å². The van der Waals surface area contributed by atoms with Gasteiger partial charge in [0, 0.05) is 20.1 Å². The van der Waals surface area contributed by atoms with Crippen LogP contribution in [0.1, 0.15) is 52.4 Å². The van der Waals surface area contributed by atoms with E-state index in [0.29, 0.717) is 5.41 Å². The standard InChI is InChI=1S/C15H30N4O/c1-4-10-17-13(20)11-18-14(16-3)19-12-15(5-2)8-6-7-9-15/h4-12H2,1-3H3,(H,17,20)(H2,16,18,19). The topological polar surface area (TPSA) is 65.5 Å². The summed E-state index contributed by atoms with van der Waals surface area (Å²) in [6.07, 6.45) is 7.42. The highest BCUT2D eigenvalue weighted by Crippen LogP contribution is 2.40. The molecule has 3 N–H and O–H groups in total. The molecule has 5 nitrogen and oxygen atoms in total. The Morgan fingerprint density at radius 3 is 2.40 bits per heavy atom. The zero-order valence-electron chi connectivity index (χ0n) is 13.2. The molecule has 1 aliphatic rings. The smallest absolute Gasteiger partial charge is 0.239 e. The molecule has 0 radical (unpaired) electrons. The highest BCUT2D eigenvalue weighted by atomic mass is 16.1. The second-order valence-corrected chi connectivity index (χ2v) is 5.69. The lowest BCUT2D eigenvalue weighted by Crippen LogP contribution is -2.46. The maximum absolute atomic E-state index is 11.5. The molecule has 0 spiro atoms. The van der Waals surface area contributed by atoms with Gasteiger partial charge in [0.25, 0.3) is 0 Å². The van der Waals surface area contributed by atoms with Gasteiger partial charge in [0.15, 0.2) is 5.96 Å². The number of rotatable bonds is 7. The fourth-order valence-corrected chi connectivity index (χ4v) is 2.76. The van der Waals surface area contributed by atoms with Crippen molar-refractivity contribution in [3.63, 3.8) is 0 Å². The summed E-state index contributed by atoms with van der Waals surface area (Å²) in [7, 11) is 1.74. The number of nitrogens with zero attached hydrogens (tertiary/aromatic N) is 1. The van der Waals surface area contributed by atoms with Gasteiger partial charge in [-0.15, -0.1) is 0 Å². The van der Waals surface area contributed by atoms with E-state index in [1.54, 1.807) is 7.05 Å². The van der Waals surface area contributed by atoms with E-state index in [1.807, 2.05) is 6.92 Å². The van der Waals surface area contributed by atoms with Crippen LogP contribution in [0, 0.1) is 5.41 Å². The second-order valence-electron chi connectivity index (χ2n) is 5.69. The normalized spacial score (nSPS) is 17.9. The van der Waals surface area contributed by atoms with Crippen molar-refractivity contribution in [2.45, 2.75) is 52.4 Å². The third kappa shape index (κ3) is 5.39. The van der Waals surface area contributed by atoms with Crippen LogP contribution in [0.3, 0.4) is 0 Å². The Morgan fingerprint density at radius 1 is 1.15 bits per heavy atom. The van der Waals surface area contributed by atoms with E-state index in [-0.39, 0.29) is 12.5 Å². The van der Waals surface area contributed by atoms with Crippen LogP contribution < -0.4 is 16.0 Å². The van der Waals surface area contributed by atoms with Gasteiger partial charge in [-0.05, 0) is 31.1 Å². The molecule has 0 aromatic rings. The Morgan fingerprint density at radius 2 is 1.85 bits per heavy atom. The minimum atomic E-state index is 0.0147. The average Bonchev–Trinajstić information content (AvgIpc) is 2.94. The fraction of sp³-hybridized carbons (Fsp3) is 0.867. The van der Waals surface area contributed by atoms with Crippen LogP contribution in [-0.4, -0.2) is 38.5 Å². The Kier molecular flexibility index (Phi) is 7.41. The maximum Gasteiger partial charge on any atom is 0.239 e. The van der Waals surface area contributed by atoms with Crippen molar-refractivity contribution in [1.29, 1.82) is 0 Å². The van der Waals surface area contributed by atoms with Gasteiger partial charge in [-0.1, -0.05) is 26.7 Å². The van der Waals surface area contributed by atoms with E-state index < -0.39 is 0 Å². The van der Waals surface area contributed by atoms with E-state index in [1.165, 1.54) is 32.1 Å². The molecule has 20 heavy (non-hydrogen) atoms. The molecular formula is C15H30N4O. The van der Waals surface area contributed by atoms with Gasteiger partial charge in [-0.25, -0.2) is 0 Å². The molecule has 0 bridgehead atoms. The first-order chi connectivity index (χ1) is 9.65.